The number of epoxide rings is 1. The summed E-state index contributed by atoms with van der Waals surface area (Å²) in [5.74, 6) is 1.29. The number of aryl methyl sites for hydroxylation is 2. The van der Waals surface area contributed by atoms with Crippen LogP contribution in [0.3, 0.4) is 0 Å². The van der Waals surface area contributed by atoms with Gasteiger partial charge in [-0.3, -0.25) is 18.6 Å². The van der Waals surface area contributed by atoms with E-state index in [1.54, 1.807) is 0 Å². The Morgan fingerprint density at radius 2 is 1.36 bits per heavy atom. The fourth-order valence-electron chi connectivity index (χ4n) is 6.13. The summed E-state index contributed by atoms with van der Waals surface area (Å²) in [5, 5.41) is 0. The second-order valence-electron chi connectivity index (χ2n) is 14.5. The number of nitrogens with two attached hydrogens (primary N) is 1. The van der Waals surface area contributed by atoms with E-state index >= 15 is 0 Å². The van der Waals surface area contributed by atoms with Crippen molar-refractivity contribution in [1.82, 2.24) is 0 Å². The molecule has 3 unspecified atom stereocenters. The predicted molar refractivity (Wildman–Crippen MR) is 218 cm³/mol. The number of esters is 2. The number of phosphoric ester groups is 1. The molecule has 1 aliphatic rings. The molecule has 11 nitrogen and oxygen atoms in total. The summed E-state index contributed by atoms with van der Waals surface area (Å²) in [6.45, 7) is 7.77. The first-order valence-corrected chi connectivity index (χ1v) is 22.4. The second-order valence-corrected chi connectivity index (χ2v) is 15.9. The van der Waals surface area contributed by atoms with Crippen LogP contribution in [0.2, 0.25) is 0 Å². The molecule has 12 heteroatoms. The lowest BCUT2D eigenvalue weighted by molar-refractivity contribution is -0.161. The van der Waals surface area contributed by atoms with E-state index in [4.69, 9.17) is 33.4 Å². The number of carbonyl (C=O) groups excluding carboxylic acids is 2. The van der Waals surface area contributed by atoms with Crippen LogP contribution >= 0.6 is 7.82 Å². The Morgan fingerprint density at radius 3 is 2.07 bits per heavy atom. The van der Waals surface area contributed by atoms with Crippen LogP contribution in [0.5, 0.6) is 0 Å². The largest absolute Gasteiger partial charge is 0.472 e. The number of furan rings is 1. The summed E-state index contributed by atoms with van der Waals surface area (Å²) in [5.41, 5.74) is 7.91. The van der Waals surface area contributed by atoms with Gasteiger partial charge in [-0.25, -0.2) is 4.57 Å². The van der Waals surface area contributed by atoms with Crippen LogP contribution in [-0.2, 0) is 50.3 Å². The first-order valence-electron chi connectivity index (χ1n) is 20.9. The average Bonchev–Trinajstić information content (AvgIpc) is 3.86. The maximum atomic E-state index is 12.6. The van der Waals surface area contributed by atoms with Gasteiger partial charge in [-0.1, -0.05) is 88.8 Å². The Bertz CT molecular complexity index is 1340. The molecule has 0 aliphatic carbocycles. The molecule has 2 heterocycles. The summed E-state index contributed by atoms with van der Waals surface area (Å²) in [4.78, 5) is 35.0. The number of unbranched alkanes of at least 4 members (excludes halogenated alkanes) is 9. The first kappa shape index (κ1) is 48.6. The maximum absolute atomic E-state index is 12.6. The molecule has 0 saturated carbocycles. The predicted octanol–water partition coefficient (Wildman–Crippen LogP) is 10.0. The number of hydrogen-bond acceptors (Lipinski definition) is 10. The molecule has 314 valence electrons. The standard InChI is InChI=1S/C43H72NO10P/c1-5-7-8-9-10-11-12-16-21-27-40-41(54-40)28-22-18-19-24-30-43(46)52-37(34-51-55(47,48)50-32-31-44)33-49-42(45)29-23-17-14-13-15-20-26-39-36(4)35(3)38(53-39)25-6-2/h10-11,16,18,21-22,37,40-41H,5-9,12-15,17,19-20,23-34,44H2,1-4H3,(H,47,48)/b11-10-,21-16-,22-18-/t37-,40?,41?/m1/s1. The number of phosphoric acid groups is 1. The zero-order chi connectivity index (χ0) is 40.2. The van der Waals surface area contributed by atoms with Crippen LogP contribution in [-0.4, -0.2) is 61.5 Å². The average molecular weight is 794 g/mol. The van der Waals surface area contributed by atoms with Crippen LogP contribution in [0.1, 0.15) is 152 Å². The Labute approximate surface area is 331 Å². The third kappa shape index (κ3) is 23.3. The molecular formula is C43H72NO10P. The molecule has 1 aromatic heterocycles. The van der Waals surface area contributed by atoms with Crippen molar-refractivity contribution in [3.63, 3.8) is 0 Å². The van der Waals surface area contributed by atoms with E-state index in [-0.39, 0.29) is 44.8 Å². The van der Waals surface area contributed by atoms with Gasteiger partial charge in [0.1, 0.15) is 18.1 Å². The van der Waals surface area contributed by atoms with Crippen LogP contribution in [0.25, 0.3) is 0 Å². The minimum Gasteiger partial charge on any atom is -0.466 e. The van der Waals surface area contributed by atoms with Crippen molar-refractivity contribution in [3.05, 3.63) is 59.1 Å². The number of hydrogen-bond donors (Lipinski definition) is 2. The monoisotopic (exact) mass is 793 g/mol. The molecule has 1 fully saturated rings. The topological polar surface area (TPSA) is 160 Å². The van der Waals surface area contributed by atoms with Gasteiger partial charge < -0.3 is 29.3 Å². The van der Waals surface area contributed by atoms with Crippen LogP contribution in [0.15, 0.2) is 40.9 Å². The smallest absolute Gasteiger partial charge is 0.466 e. The van der Waals surface area contributed by atoms with Crippen molar-refractivity contribution in [2.45, 2.75) is 174 Å². The molecule has 0 bridgehead atoms. The van der Waals surface area contributed by atoms with E-state index < -0.39 is 32.5 Å². The van der Waals surface area contributed by atoms with Crippen molar-refractivity contribution in [2.24, 2.45) is 5.73 Å². The first-order chi connectivity index (χ1) is 26.6. The highest BCUT2D eigenvalue weighted by Gasteiger charge is 2.36. The Morgan fingerprint density at radius 1 is 0.745 bits per heavy atom. The van der Waals surface area contributed by atoms with Crippen molar-refractivity contribution in [2.75, 3.05) is 26.4 Å². The fourth-order valence-corrected chi connectivity index (χ4v) is 6.89. The molecule has 0 radical (unpaired) electrons. The van der Waals surface area contributed by atoms with E-state index in [1.165, 1.54) is 30.4 Å². The Hall–Kier alpha value is -2.53. The molecule has 1 aliphatic heterocycles. The van der Waals surface area contributed by atoms with Gasteiger partial charge in [-0.05, 0) is 89.2 Å². The van der Waals surface area contributed by atoms with Gasteiger partial charge in [0.15, 0.2) is 6.10 Å². The summed E-state index contributed by atoms with van der Waals surface area (Å²) >= 11 is 0. The molecular weight excluding hydrogens is 721 g/mol. The third-order valence-electron chi connectivity index (χ3n) is 9.60. The molecule has 2 rings (SSSR count). The zero-order valence-corrected chi connectivity index (χ0v) is 35.2. The number of rotatable bonds is 34. The molecule has 4 atom stereocenters. The molecule has 0 spiro atoms. The van der Waals surface area contributed by atoms with Gasteiger partial charge in [0.2, 0.25) is 0 Å². The van der Waals surface area contributed by atoms with Gasteiger partial charge in [-0.15, -0.1) is 0 Å². The van der Waals surface area contributed by atoms with Crippen molar-refractivity contribution in [3.8, 4) is 0 Å². The SMILES string of the molecule is CCCCC/C=C\C/C=C\CC1OC1C/C=C\CCCC(=O)O[C@H](COC(=O)CCCCCCCCc1oc(CCC)c(C)c1C)COP(=O)(O)OCCN. The van der Waals surface area contributed by atoms with Crippen LogP contribution in [0, 0.1) is 13.8 Å². The highest BCUT2D eigenvalue weighted by molar-refractivity contribution is 7.47. The van der Waals surface area contributed by atoms with E-state index in [0.717, 1.165) is 88.6 Å². The molecule has 3 N–H and O–H groups in total. The summed E-state index contributed by atoms with van der Waals surface area (Å²) in [6, 6.07) is 0. The van der Waals surface area contributed by atoms with Crippen LogP contribution in [0.4, 0.5) is 0 Å². The molecule has 0 aromatic carbocycles. The molecule has 55 heavy (non-hydrogen) atoms. The Kier molecular flexibility index (Phi) is 26.2. The second kappa shape index (κ2) is 29.7. The van der Waals surface area contributed by atoms with E-state index in [1.807, 2.05) is 6.08 Å². The van der Waals surface area contributed by atoms with E-state index in [2.05, 4.69) is 58.1 Å². The molecule has 1 saturated heterocycles. The number of carbonyl (C=O) groups is 2. The highest BCUT2D eigenvalue weighted by atomic mass is 31.2. The van der Waals surface area contributed by atoms with Crippen molar-refractivity contribution >= 4 is 19.8 Å². The zero-order valence-electron chi connectivity index (χ0n) is 34.3. The van der Waals surface area contributed by atoms with Crippen LogP contribution < -0.4 is 5.73 Å². The van der Waals surface area contributed by atoms with E-state index in [0.29, 0.717) is 19.3 Å². The third-order valence-corrected chi connectivity index (χ3v) is 10.6. The number of allylic oxidation sites excluding steroid dienone is 4. The lowest BCUT2D eigenvalue weighted by atomic mass is 10.0. The van der Waals surface area contributed by atoms with Crippen molar-refractivity contribution < 1.29 is 46.7 Å². The van der Waals surface area contributed by atoms with Gasteiger partial charge >= 0.3 is 19.8 Å². The highest BCUT2D eigenvalue weighted by Crippen LogP contribution is 2.43. The summed E-state index contributed by atoms with van der Waals surface area (Å²) in [7, 11) is -4.41. The normalized spacial score (nSPS) is 17.3. The van der Waals surface area contributed by atoms with Gasteiger partial charge in [-0.2, -0.15) is 0 Å². The molecule has 0 amide bonds. The minimum atomic E-state index is -4.41. The quantitative estimate of drug-likeness (QED) is 0.0225. The van der Waals surface area contributed by atoms with Gasteiger partial charge in [0, 0.05) is 32.2 Å². The lowest BCUT2D eigenvalue weighted by Crippen LogP contribution is -2.29. The lowest BCUT2D eigenvalue weighted by Gasteiger charge is -2.19. The summed E-state index contributed by atoms with van der Waals surface area (Å²) < 4.78 is 44.6. The number of ether oxygens (including phenoxy) is 3. The maximum Gasteiger partial charge on any atom is 0.472 e. The van der Waals surface area contributed by atoms with Crippen molar-refractivity contribution in [1.29, 1.82) is 0 Å². The van der Waals surface area contributed by atoms with E-state index in [9.17, 15) is 19.0 Å². The van der Waals surface area contributed by atoms with Gasteiger partial charge in [0.05, 0.1) is 25.4 Å². The minimum absolute atomic E-state index is 0.0333. The molecule has 1 aromatic rings. The van der Waals surface area contributed by atoms with Gasteiger partial charge in [0.25, 0.3) is 0 Å². The summed E-state index contributed by atoms with van der Waals surface area (Å²) in [6.07, 6.45) is 30.6. The Balaban J connectivity index is 1.62. The fraction of sp³-hybridized carbons (Fsp3) is 0.721.